The largest absolute Gasteiger partial charge is 0.365 e. The second kappa shape index (κ2) is 7.05. The molecule has 0 fully saturated rings. The highest BCUT2D eigenvalue weighted by atomic mass is 32.2. The standard InChI is InChI=1S/C14H12FN3O4S/c15-9-1-3-11(4-2-9)23-6-5-17-8-10(18(21)22)7-12(13(16)19)14(17)20/h1-4,7-8H,5-6H2,(H2,16,19). The molecule has 0 aliphatic rings. The Labute approximate surface area is 134 Å². The maximum absolute atomic E-state index is 12.8. The van der Waals surface area contributed by atoms with E-state index < -0.39 is 22.0 Å². The molecule has 0 spiro atoms. The molecule has 2 aromatic rings. The van der Waals surface area contributed by atoms with Gasteiger partial charge in [0.05, 0.1) is 11.1 Å². The number of amides is 1. The topological polar surface area (TPSA) is 108 Å². The third kappa shape index (κ3) is 4.16. The second-order valence-corrected chi connectivity index (χ2v) is 5.70. The normalized spacial score (nSPS) is 10.5. The molecule has 1 amide bonds. The Hall–Kier alpha value is -2.68. The van der Waals surface area contributed by atoms with E-state index in [0.717, 1.165) is 21.7 Å². The first-order chi connectivity index (χ1) is 10.9. The van der Waals surface area contributed by atoms with Crippen molar-refractivity contribution in [3.8, 4) is 0 Å². The number of pyridine rings is 1. The molecule has 9 heteroatoms. The van der Waals surface area contributed by atoms with Crippen LogP contribution < -0.4 is 11.3 Å². The number of thioether (sulfide) groups is 1. The van der Waals surface area contributed by atoms with Gasteiger partial charge in [0, 0.05) is 23.3 Å². The summed E-state index contributed by atoms with van der Waals surface area (Å²) in [7, 11) is 0. The molecule has 120 valence electrons. The summed E-state index contributed by atoms with van der Waals surface area (Å²) in [5.74, 6) is -0.959. The third-order valence-corrected chi connectivity index (χ3v) is 3.95. The predicted octanol–water partition coefficient (Wildman–Crippen LogP) is 1.79. The Bertz CT molecular complexity index is 805. The van der Waals surface area contributed by atoms with Gasteiger partial charge in [-0.05, 0) is 24.3 Å². The molecule has 0 bridgehead atoms. The van der Waals surface area contributed by atoms with E-state index in [1.54, 1.807) is 12.1 Å². The summed E-state index contributed by atoms with van der Waals surface area (Å²) in [6.45, 7) is 0.142. The van der Waals surface area contributed by atoms with E-state index in [2.05, 4.69) is 0 Å². The lowest BCUT2D eigenvalue weighted by molar-refractivity contribution is -0.385. The molecule has 1 aromatic heterocycles. The van der Waals surface area contributed by atoms with Crippen molar-refractivity contribution >= 4 is 23.4 Å². The highest BCUT2D eigenvalue weighted by Crippen LogP contribution is 2.18. The molecule has 0 saturated carbocycles. The van der Waals surface area contributed by atoms with Crippen molar-refractivity contribution < 1.29 is 14.1 Å². The van der Waals surface area contributed by atoms with Crippen LogP contribution in [0.4, 0.5) is 10.1 Å². The summed E-state index contributed by atoms with van der Waals surface area (Å²) in [4.78, 5) is 34.2. The zero-order chi connectivity index (χ0) is 17.0. The van der Waals surface area contributed by atoms with E-state index >= 15 is 0 Å². The van der Waals surface area contributed by atoms with Crippen molar-refractivity contribution in [2.45, 2.75) is 11.4 Å². The molecule has 2 rings (SSSR count). The van der Waals surface area contributed by atoms with Crippen LogP contribution >= 0.6 is 11.8 Å². The second-order valence-electron chi connectivity index (χ2n) is 4.53. The minimum Gasteiger partial charge on any atom is -0.365 e. The van der Waals surface area contributed by atoms with Crippen LogP contribution in [0.2, 0.25) is 0 Å². The lowest BCUT2D eigenvalue weighted by Gasteiger charge is -2.07. The Morgan fingerprint density at radius 3 is 2.57 bits per heavy atom. The van der Waals surface area contributed by atoms with Gasteiger partial charge in [-0.1, -0.05) is 0 Å². The molecule has 7 nitrogen and oxygen atoms in total. The molecule has 0 atom stereocenters. The third-order valence-electron chi connectivity index (χ3n) is 2.96. The van der Waals surface area contributed by atoms with Gasteiger partial charge in [-0.15, -0.1) is 11.8 Å². The van der Waals surface area contributed by atoms with Crippen molar-refractivity contribution in [1.82, 2.24) is 4.57 Å². The van der Waals surface area contributed by atoms with Crippen LogP contribution in [0.5, 0.6) is 0 Å². The van der Waals surface area contributed by atoms with Crippen LogP contribution in [0, 0.1) is 15.9 Å². The average Bonchev–Trinajstić information content (AvgIpc) is 2.50. The molecule has 23 heavy (non-hydrogen) atoms. The number of hydrogen-bond acceptors (Lipinski definition) is 5. The van der Waals surface area contributed by atoms with Gasteiger partial charge < -0.3 is 10.3 Å². The maximum Gasteiger partial charge on any atom is 0.286 e. The highest BCUT2D eigenvalue weighted by molar-refractivity contribution is 7.99. The quantitative estimate of drug-likeness (QED) is 0.491. The summed E-state index contributed by atoms with van der Waals surface area (Å²) < 4.78 is 13.9. The highest BCUT2D eigenvalue weighted by Gasteiger charge is 2.17. The molecule has 0 radical (unpaired) electrons. The summed E-state index contributed by atoms with van der Waals surface area (Å²) in [5, 5.41) is 10.9. The Kier molecular flexibility index (Phi) is 5.12. The number of aryl methyl sites for hydroxylation is 1. The molecule has 1 heterocycles. The van der Waals surface area contributed by atoms with Gasteiger partial charge in [0.1, 0.15) is 11.4 Å². The van der Waals surface area contributed by atoms with E-state index in [4.69, 9.17) is 5.73 Å². The molecule has 0 aliphatic carbocycles. The monoisotopic (exact) mass is 337 g/mol. The molecular formula is C14H12FN3O4S. The lowest BCUT2D eigenvalue weighted by Crippen LogP contribution is -2.30. The molecule has 0 aliphatic heterocycles. The fourth-order valence-electron chi connectivity index (χ4n) is 1.86. The number of carbonyl (C=O) groups excluding carboxylic acids is 1. The van der Waals surface area contributed by atoms with Crippen LogP contribution in [0.1, 0.15) is 10.4 Å². The number of carbonyl (C=O) groups is 1. The Balaban J connectivity index is 2.18. The predicted molar refractivity (Wildman–Crippen MR) is 83.0 cm³/mol. The average molecular weight is 337 g/mol. The van der Waals surface area contributed by atoms with Crippen molar-refractivity contribution in [2.75, 3.05) is 5.75 Å². The minimum atomic E-state index is -1.02. The fourth-order valence-corrected chi connectivity index (χ4v) is 2.71. The van der Waals surface area contributed by atoms with Crippen molar-refractivity contribution in [1.29, 1.82) is 0 Å². The van der Waals surface area contributed by atoms with Gasteiger partial charge in [0.25, 0.3) is 17.2 Å². The van der Waals surface area contributed by atoms with E-state index in [1.807, 2.05) is 0 Å². The Morgan fingerprint density at radius 2 is 2.00 bits per heavy atom. The maximum atomic E-state index is 12.8. The first-order valence-corrected chi connectivity index (χ1v) is 7.44. The number of nitrogens with two attached hydrogens (primary N) is 1. The van der Waals surface area contributed by atoms with Gasteiger partial charge in [-0.25, -0.2) is 4.39 Å². The molecule has 2 N–H and O–H groups in total. The molecule has 1 aromatic carbocycles. The Morgan fingerprint density at radius 1 is 1.35 bits per heavy atom. The zero-order valence-electron chi connectivity index (χ0n) is 11.8. The number of benzene rings is 1. The van der Waals surface area contributed by atoms with E-state index in [1.165, 1.54) is 23.9 Å². The van der Waals surface area contributed by atoms with Crippen molar-refractivity contribution in [3.05, 3.63) is 68.4 Å². The van der Waals surface area contributed by atoms with Gasteiger partial charge >= 0.3 is 0 Å². The van der Waals surface area contributed by atoms with Crippen LogP contribution in [0.15, 0.2) is 46.2 Å². The van der Waals surface area contributed by atoms with Crippen LogP contribution in [0.25, 0.3) is 0 Å². The smallest absolute Gasteiger partial charge is 0.286 e. The van der Waals surface area contributed by atoms with E-state index in [9.17, 15) is 24.1 Å². The van der Waals surface area contributed by atoms with E-state index in [0.29, 0.717) is 5.75 Å². The molecular weight excluding hydrogens is 325 g/mol. The van der Waals surface area contributed by atoms with Crippen LogP contribution in [0.3, 0.4) is 0 Å². The first-order valence-electron chi connectivity index (χ1n) is 6.45. The van der Waals surface area contributed by atoms with Gasteiger partial charge in [-0.3, -0.25) is 19.7 Å². The van der Waals surface area contributed by atoms with Gasteiger partial charge in [0.15, 0.2) is 0 Å². The molecule has 0 unspecified atom stereocenters. The number of halogens is 1. The number of aromatic nitrogens is 1. The number of primary amides is 1. The minimum absolute atomic E-state index is 0.142. The number of nitro groups is 1. The zero-order valence-corrected chi connectivity index (χ0v) is 12.6. The van der Waals surface area contributed by atoms with Gasteiger partial charge in [0.2, 0.25) is 0 Å². The van der Waals surface area contributed by atoms with Crippen LogP contribution in [-0.2, 0) is 6.54 Å². The summed E-state index contributed by atoms with van der Waals surface area (Å²) in [6, 6.07) is 6.67. The summed E-state index contributed by atoms with van der Waals surface area (Å²) in [5.41, 5.74) is 3.58. The van der Waals surface area contributed by atoms with Crippen molar-refractivity contribution in [3.63, 3.8) is 0 Å². The fraction of sp³-hybridized carbons (Fsp3) is 0.143. The SMILES string of the molecule is NC(=O)c1cc([N+](=O)[O-])cn(CCSc2ccc(F)cc2)c1=O. The number of nitrogens with zero attached hydrogens (tertiary/aromatic N) is 2. The number of rotatable bonds is 6. The summed E-state index contributed by atoms with van der Waals surface area (Å²) >= 11 is 1.35. The molecule has 0 saturated heterocycles. The lowest BCUT2D eigenvalue weighted by atomic mass is 10.2. The first kappa shape index (κ1) is 16.7. The number of hydrogen-bond donors (Lipinski definition) is 1. The van der Waals surface area contributed by atoms with Crippen molar-refractivity contribution in [2.24, 2.45) is 5.73 Å². The summed E-state index contributed by atoms with van der Waals surface area (Å²) in [6.07, 6.45) is 1.07. The van der Waals surface area contributed by atoms with Crippen LogP contribution in [-0.4, -0.2) is 21.2 Å². The van der Waals surface area contributed by atoms with E-state index in [-0.39, 0.29) is 18.0 Å². The van der Waals surface area contributed by atoms with Gasteiger partial charge in [-0.2, -0.15) is 0 Å².